The Bertz CT molecular complexity index is 509. The van der Waals surface area contributed by atoms with Crippen molar-refractivity contribution in [3.8, 4) is 0 Å². The predicted molar refractivity (Wildman–Crippen MR) is 129 cm³/mol. The van der Waals surface area contributed by atoms with Crippen LogP contribution in [0.1, 0.15) is 71.1 Å². The van der Waals surface area contributed by atoms with Crippen molar-refractivity contribution in [2.45, 2.75) is 71.1 Å². The van der Waals surface area contributed by atoms with Gasteiger partial charge in [0.1, 0.15) is 0 Å². The molecule has 29 heavy (non-hydrogen) atoms. The van der Waals surface area contributed by atoms with Gasteiger partial charge < -0.3 is 20.9 Å². The zero-order valence-corrected chi connectivity index (χ0v) is 20.3. The van der Waals surface area contributed by atoms with E-state index >= 15 is 0 Å². The fourth-order valence-corrected chi connectivity index (χ4v) is 3.94. The second kappa shape index (κ2) is 15.7. The minimum Gasteiger partial charge on any atom is -0.357 e. The lowest BCUT2D eigenvalue weighted by molar-refractivity contribution is -0.130. The smallest absolute Gasteiger partial charge is 0.223 e. The topological polar surface area (TPSA) is 85.8 Å². The standard InChI is InChI=1S/C21H39N5O2.HI/c1-2-22-21(24-13-9-17-26-16-8-4-7-12-19(26)27)25-15-14-23-20(28)18-10-5-3-6-11-18;/h18H,2-17H2,1H3,(H,23,28)(H2,22,24,25);1H. The molecule has 0 radical (unpaired) electrons. The lowest BCUT2D eigenvalue weighted by atomic mass is 9.89. The van der Waals surface area contributed by atoms with Crippen LogP contribution in [0.3, 0.4) is 0 Å². The summed E-state index contributed by atoms with van der Waals surface area (Å²) in [5.74, 6) is 1.47. The summed E-state index contributed by atoms with van der Waals surface area (Å²) in [5, 5.41) is 9.56. The summed E-state index contributed by atoms with van der Waals surface area (Å²) in [4.78, 5) is 30.8. The molecule has 0 aromatic heterocycles. The molecule has 1 saturated heterocycles. The molecule has 2 aliphatic rings. The Labute approximate surface area is 193 Å². The highest BCUT2D eigenvalue weighted by molar-refractivity contribution is 14.0. The Morgan fingerprint density at radius 3 is 2.52 bits per heavy atom. The van der Waals surface area contributed by atoms with Gasteiger partial charge in [-0.15, -0.1) is 24.0 Å². The quantitative estimate of drug-likeness (QED) is 0.189. The highest BCUT2D eigenvalue weighted by Crippen LogP contribution is 2.23. The molecule has 8 heteroatoms. The van der Waals surface area contributed by atoms with Crippen LogP contribution in [0.2, 0.25) is 0 Å². The lowest BCUT2D eigenvalue weighted by Crippen LogP contribution is -2.42. The average molecular weight is 521 g/mol. The summed E-state index contributed by atoms with van der Waals surface area (Å²) in [7, 11) is 0. The molecule has 168 valence electrons. The molecule has 0 bridgehead atoms. The van der Waals surface area contributed by atoms with Crippen LogP contribution in [0.5, 0.6) is 0 Å². The van der Waals surface area contributed by atoms with E-state index in [9.17, 15) is 9.59 Å². The zero-order valence-electron chi connectivity index (χ0n) is 18.0. The predicted octanol–water partition coefficient (Wildman–Crippen LogP) is 2.65. The fourth-order valence-electron chi connectivity index (χ4n) is 3.94. The van der Waals surface area contributed by atoms with Crippen LogP contribution in [0.4, 0.5) is 0 Å². The lowest BCUT2D eigenvalue weighted by Gasteiger charge is -2.21. The van der Waals surface area contributed by atoms with Gasteiger partial charge in [-0.1, -0.05) is 25.7 Å². The molecule has 0 spiro atoms. The van der Waals surface area contributed by atoms with Crippen LogP contribution in [0.25, 0.3) is 0 Å². The van der Waals surface area contributed by atoms with E-state index in [0.717, 1.165) is 64.1 Å². The van der Waals surface area contributed by atoms with Crippen LogP contribution >= 0.6 is 24.0 Å². The summed E-state index contributed by atoms with van der Waals surface area (Å²) >= 11 is 0. The molecule has 1 saturated carbocycles. The molecule has 0 aromatic carbocycles. The van der Waals surface area contributed by atoms with Gasteiger partial charge >= 0.3 is 0 Å². The van der Waals surface area contributed by atoms with Crippen LogP contribution in [-0.2, 0) is 9.59 Å². The first-order valence-electron chi connectivity index (χ1n) is 11.3. The van der Waals surface area contributed by atoms with Gasteiger partial charge in [0.05, 0.1) is 0 Å². The Kier molecular flexibility index (Phi) is 14.1. The summed E-state index contributed by atoms with van der Waals surface area (Å²) in [6.45, 7) is 6.48. The minimum atomic E-state index is 0. The van der Waals surface area contributed by atoms with E-state index in [1.165, 1.54) is 19.3 Å². The molecular formula is C21H40IN5O2. The van der Waals surface area contributed by atoms with Crippen molar-refractivity contribution >= 4 is 41.8 Å². The number of rotatable bonds is 9. The molecule has 0 unspecified atom stereocenters. The van der Waals surface area contributed by atoms with Gasteiger partial charge in [0, 0.05) is 51.6 Å². The van der Waals surface area contributed by atoms with Crippen LogP contribution in [0, 0.1) is 5.92 Å². The van der Waals surface area contributed by atoms with Crippen molar-refractivity contribution in [3.63, 3.8) is 0 Å². The molecular weight excluding hydrogens is 481 g/mol. The van der Waals surface area contributed by atoms with E-state index in [2.05, 4.69) is 20.9 Å². The number of nitrogens with one attached hydrogen (secondary N) is 3. The van der Waals surface area contributed by atoms with Crippen LogP contribution in [0.15, 0.2) is 4.99 Å². The zero-order chi connectivity index (χ0) is 20.0. The Morgan fingerprint density at radius 1 is 1.03 bits per heavy atom. The van der Waals surface area contributed by atoms with Gasteiger partial charge in [-0.3, -0.25) is 14.6 Å². The first kappa shape index (κ1) is 26.0. The van der Waals surface area contributed by atoms with E-state index in [0.29, 0.717) is 32.0 Å². The van der Waals surface area contributed by atoms with Crippen molar-refractivity contribution in [1.29, 1.82) is 0 Å². The second-order valence-electron chi connectivity index (χ2n) is 7.86. The third kappa shape index (κ3) is 10.5. The van der Waals surface area contributed by atoms with Crippen molar-refractivity contribution < 1.29 is 9.59 Å². The summed E-state index contributed by atoms with van der Waals surface area (Å²) in [6, 6.07) is 0. The summed E-state index contributed by atoms with van der Waals surface area (Å²) < 4.78 is 0. The normalized spacial score (nSPS) is 18.6. The number of guanidine groups is 1. The van der Waals surface area contributed by atoms with Gasteiger partial charge in [0.2, 0.25) is 11.8 Å². The van der Waals surface area contributed by atoms with Crippen LogP contribution < -0.4 is 16.0 Å². The molecule has 1 heterocycles. The Balaban J connectivity index is 0.00000420. The summed E-state index contributed by atoms with van der Waals surface area (Å²) in [6.07, 6.45) is 10.6. The van der Waals surface area contributed by atoms with Gasteiger partial charge in [-0.05, 0) is 39.0 Å². The fraction of sp³-hybridized carbons (Fsp3) is 0.857. The van der Waals surface area contributed by atoms with Crippen LogP contribution in [-0.4, -0.2) is 61.9 Å². The minimum absolute atomic E-state index is 0. The number of nitrogens with zero attached hydrogens (tertiary/aromatic N) is 2. The highest BCUT2D eigenvalue weighted by atomic mass is 127. The molecule has 7 nitrogen and oxygen atoms in total. The molecule has 2 amide bonds. The number of hydrogen-bond acceptors (Lipinski definition) is 3. The van der Waals surface area contributed by atoms with Gasteiger partial charge in [-0.25, -0.2) is 0 Å². The van der Waals surface area contributed by atoms with Gasteiger partial charge in [-0.2, -0.15) is 0 Å². The number of carbonyl (C=O) groups excluding carboxylic acids is 2. The largest absolute Gasteiger partial charge is 0.357 e. The molecule has 2 rings (SSSR count). The molecule has 3 N–H and O–H groups in total. The third-order valence-electron chi connectivity index (χ3n) is 5.56. The molecule has 0 atom stereocenters. The van der Waals surface area contributed by atoms with E-state index in [1.54, 1.807) is 0 Å². The number of likely N-dealkylation sites (tertiary alicyclic amines) is 1. The Hall–Kier alpha value is -1.06. The maximum atomic E-state index is 12.2. The molecule has 1 aliphatic heterocycles. The van der Waals surface area contributed by atoms with Crippen molar-refractivity contribution in [1.82, 2.24) is 20.9 Å². The van der Waals surface area contributed by atoms with E-state index in [1.807, 2.05) is 11.8 Å². The highest BCUT2D eigenvalue weighted by Gasteiger charge is 2.20. The van der Waals surface area contributed by atoms with E-state index in [4.69, 9.17) is 0 Å². The number of amides is 2. The summed E-state index contributed by atoms with van der Waals surface area (Å²) in [5.41, 5.74) is 0. The van der Waals surface area contributed by atoms with Crippen molar-refractivity contribution in [2.24, 2.45) is 10.9 Å². The van der Waals surface area contributed by atoms with E-state index < -0.39 is 0 Å². The number of halogens is 1. The monoisotopic (exact) mass is 521 g/mol. The van der Waals surface area contributed by atoms with Gasteiger partial charge in [0.25, 0.3) is 0 Å². The Morgan fingerprint density at radius 2 is 1.76 bits per heavy atom. The first-order chi connectivity index (χ1) is 13.7. The van der Waals surface area contributed by atoms with Crippen molar-refractivity contribution in [3.05, 3.63) is 0 Å². The molecule has 2 fully saturated rings. The third-order valence-corrected chi connectivity index (χ3v) is 5.56. The maximum absolute atomic E-state index is 12.2. The average Bonchev–Trinajstić information content (AvgIpc) is 2.93. The van der Waals surface area contributed by atoms with Crippen molar-refractivity contribution in [2.75, 3.05) is 39.3 Å². The molecule has 0 aromatic rings. The SMILES string of the molecule is CCNC(=NCCCN1CCCCCC1=O)NCCNC(=O)C1CCCCC1.I. The number of hydrogen-bond donors (Lipinski definition) is 3. The maximum Gasteiger partial charge on any atom is 0.223 e. The molecule has 1 aliphatic carbocycles. The number of carbonyl (C=O) groups is 2. The second-order valence-corrected chi connectivity index (χ2v) is 7.86. The van der Waals surface area contributed by atoms with E-state index in [-0.39, 0.29) is 35.8 Å². The number of aliphatic imine (C=N–C) groups is 1. The van der Waals surface area contributed by atoms with Gasteiger partial charge in [0.15, 0.2) is 5.96 Å². The first-order valence-corrected chi connectivity index (χ1v) is 11.3.